The van der Waals surface area contributed by atoms with Gasteiger partial charge in [0.15, 0.2) is 0 Å². The molecule has 37 heavy (non-hydrogen) atoms. The second-order valence-corrected chi connectivity index (χ2v) is 9.93. The Bertz CT molecular complexity index is 1430. The summed E-state index contributed by atoms with van der Waals surface area (Å²) < 4.78 is 45.4. The van der Waals surface area contributed by atoms with E-state index < -0.39 is 17.4 Å². The zero-order valence-electron chi connectivity index (χ0n) is 19.2. The van der Waals surface area contributed by atoms with Crippen LogP contribution in [0.2, 0.25) is 10.0 Å². The number of benzene rings is 3. The molecule has 0 spiro atoms. The third-order valence-electron chi connectivity index (χ3n) is 5.50. The summed E-state index contributed by atoms with van der Waals surface area (Å²) in [5, 5.41) is 15.3. The van der Waals surface area contributed by atoms with E-state index in [2.05, 4.69) is 5.10 Å². The first-order valence-corrected chi connectivity index (χ1v) is 12.4. The van der Waals surface area contributed by atoms with Gasteiger partial charge in [0.2, 0.25) is 0 Å². The fourth-order valence-electron chi connectivity index (χ4n) is 3.80. The predicted octanol–water partition coefficient (Wildman–Crippen LogP) is 7.88. The molecule has 0 amide bonds. The lowest BCUT2D eigenvalue weighted by Crippen LogP contribution is -2.15. The Morgan fingerprint density at radius 1 is 1.05 bits per heavy atom. The van der Waals surface area contributed by atoms with Gasteiger partial charge in [-0.1, -0.05) is 41.4 Å². The summed E-state index contributed by atoms with van der Waals surface area (Å²) in [6.07, 6.45) is -0.0487. The Hall–Kier alpha value is -3.14. The van der Waals surface area contributed by atoms with Crippen molar-refractivity contribution in [2.45, 2.75) is 22.7 Å². The van der Waals surface area contributed by atoms with Gasteiger partial charge < -0.3 is 9.84 Å². The summed E-state index contributed by atoms with van der Waals surface area (Å²) in [6, 6.07) is 19.4. The third-order valence-corrected chi connectivity index (χ3v) is 6.96. The van der Waals surface area contributed by atoms with Crippen LogP contribution < -0.4 is 4.74 Å². The zero-order valence-corrected chi connectivity index (χ0v) is 21.5. The van der Waals surface area contributed by atoms with E-state index in [1.54, 1.807) is 60.3 Å². The van der Waals surface area contributed by atoms with Gasteiger partial charge in [-0.2, -0.15) is 18.3 Å². The second-order valence-electron chi connectivity index (χ2n) is 7.97. The van der Waals surface area contributed by atoms with Crippen molar-refractivity contribution >= 4 is 40.9 Å². The molecule has 1 aromatic heterocycles. The summed E-state index contributed by atoms with van der Waals surface area (Å²) in [5.41, 5.74) is -1.80. The number of rotatable bonds is 8. The molecule has 0 saturated heterocycles. The van der Waals surface area contributed by atoms with Gasteiger partial charge in [-0.15, -0.1) is 0 Å². The Morgan fingerprint density at radius 3 is 2.41 bits per heavy atom. The molecule has 0 radical (unpaired) electrons. The number of aromatic nitrogens is 2. The summed E-state index contributed by atoms with van der Waals surface area (Å²) in [4.78, 5) is 12.1. The quantitative estimate of drug-likeness (QED) is 0.220. The highest BCUT2D eigenvalue weighted by atomic mass is 35.5. The van der Waals surface area contributed by atoms with Crippen LogP contribution in [0.3, 0.4) is 0 Å². The van der Waals surface area contributed by atoms with Gasteiger partial charge in [0.05, 0.1) is 40.1 Å². The van der Waals surface area contributed by atoms with Gasteiger partial charge in [0.1, 0.15) is 5.75 Å². The van der Waals surface area contributed by atoms with Crippen molar-refractivity contribution in [3.8, 4) is 22.7 Å². The van der Waals surface area contributed by atoms with Crippen molar-refractivity contribution < 1.29 is 27.8 Å². The van der Waals surface area contributed by atoms with Crippen LogP contribution >= 0.6 is 35.0 Å². The lowest BCUT2D eigenvalue weighted by Gasteiger charge is -2.13. The fraction of sp³-hybridized carbons (Fsp3) is 0.154. The first-order chi connectivity index (χ1) is 17.5. The van der Waals surface area contributed by atoms with Crippen molar-refractivity contribution in [1.29, 1.82) is 0 Å². The average molecular weight is 567 g/mol. The molecule has 5 nitrogen and oxygen atoms in total. The number of hydrogen-bond donors (Lipinski definition) is 1. The zero-order chi connectivity index (χ0) is 26.7. The first-order valence-electron chi connectivity index (χ1n) is 10.8. The van der Waals surface area contributed by atoms with E-state index in [1.165, 1.54) is 24.3 Å². The molecule has 4 aromatic rings. The van der Waals surface area contributed by atoms with Crippen molar-refractivity contribution in [2.24, 2.45) is 0 Å². The molecule has 11 heteroatoms. The molecule has 0 aliphatic carbocycles. The van der Waals surface area contributed by atoms with Crippen LogP contribution in [-0.2, 0) is 11.2 Å². The maximum Gasteiger partial charge on any atom is 0.446 e. The normalized spacial score (nSPS) is 12.4. The number of hydrogen-bond acceptors (Lipinski definition) is 4. The highest BCUT2D eigenvalue weighted by molar-refractivity contribution is 8.00. The molecule has 0 saturated carbocycles. The van der Waals surface area contributed by atoms with Crippen LogP contribution in [0.25, 0.3) is 16.9 Å². The van der Waals surface area contributed by atoms with E-state index >= 15 is 0 Å². The van der Waals surface area contributed by atoms with Crippen molar-refractivity contribution in [2.75, 3.05) is 7.11 Å². The molecule has 3 aromatic carbocycles. The number of methoxy groups -OCH3 is 1. The number of ether oxygens (including phenoxy) is 1. The van der Waals surface area contributed by atoms with Crippen molar-refractivity contribution in [3.05, 3.63) is 94.1 Å². The van der Waals surface area contributed by atoms with Gasteiger partial charge in [0, 0.05) is 16.9 Å². The van der Waals surface area contributed by atoms with Gasteiger partial charge in [-0.25, -0.2) is 4.68 Å². The molecule has 1 N–H and O–H groups in total. The number of carboxylic acids is 1. The standard InChI is InChI=1S/C26H19Cl2F3N2O3S/c1-36-19-8-6-18(7-9-19)33-24(16-5-10-22(27)23(28)12-16)14-17(32-33)13-21(25(34)35)15-3-2-4-20(11-15)37-26(29,30)31/h2-12,14,21H,13H2,1H3,(H,34,35). The summed E-state index contributed by atoms with van der Waals surface area (Å²) >= 11 is 12.0. The van der Waals surface area contributed by atoms with Gasteiger partial charge in [0.25, 0.3) is 0 Å². The van der Waals surface area contributed by atoms with E-state index in [1.807, 2.05) is 0 Å². The molecule has 1 unspecified atom stereocenters. The molecule has 0 aliphatic heterocycles. The van der Waals surface area contributed by atoms with E-state index in [-0.39, 0.29) is 28.6 Å². The minimum atomic E-state index is -4.48. The largest absolute Gasteiger partial charge is 0.497 e. The van der Waals surface area contributed by atoms with Crippen LogP contribution in [-0.4, -0.2) is 33.5 Å². The van der Waals surface area contributed by atoms with Crippen LogP contribution in [0.5, 0.6) is 5.75 Å². The van der Waals surface area contributed by atoms with E-state index in [4.69, 9.17) is 27.9 Å². The number of thioether (sulfide) groups is 1. The van der Waals surface area contributed by atoms with Crippen LogP contribution in [0, 0.1) is 0 Å². The molecule has 192 valence electrons. The van der Waals surface area contributed by atoms with Crippen molar-refractivity contribution in [3.63, 3.8) is 0 Å². The summed E-state index contributed by atoms with van der Waals surface area (Å²) in [6.45, 7) is 0. The smallest absolute Gasteiger partial charge is 0.446 e. The van der Waals surface area contributed by atoms with Crippen LogP contribution in [0.15, 0.2) is 77.7 Å². The molecule has 0 fully saturated rings. The topological polar surface area (TPSA) is 64.4 Å². The van der Waals surface area contributed by atoms with E-state index in [0.29, 0.717) is 38.4 Å². The maximum atomic E-state index is 12.9. The van der Waals surface area contributed by atoms with E-state index in [0.717, 1.165) is 0 Å². The Morgan fingerprint density at radius 2 is 1.78 bits per heavy atom. The minimum absolute atomic E-state index is 0.0487. The Labute approximate surface area is 224 Å². The SMILES string of the molecule is COc1ccc(-n2nc(CC(C(=O)O)c3cccc(SC(F)(F)F)c3)cc2-c2ccc(Cl)c(Cl)c2)cc1. The van der Waals surface area contributed by atoms with E-state index in [9.17, 15) is 23.1 Å². The molecular weight excluding hydrogens is 548 g/mol. The molecule has 4 rings (SSSR count). The van der Waals surface area contributed by atoms with Gasteiger partial charge in [-0.3, -0.25) is 4.79 Å². The third kappa shape index (κ3) is 6.60. The minimum Gasteiger partial charge on any atom is -0.497 e. The maximum absolute atomic E-state index is 12.9. The molecule has 1 heterocycles. The molecule has 1 atom stereocenters. The average Bonchev–Trinajstić information content (AvgIpc) is 3.27. The first kappa shape index (κ1) is 26.9. The lowest BCUT2D eigenvalue weighted by molar-refractivity contribution is -0.138. The lowest BCUT2D eigenvalue weighted by atomic mass is 9.94. The van der Waals surface area contributed by atoms with Gasteiger partial charge >= 0.3 is 11.5 Å². The van der Waals surface area contributed by atoms with Crippen LogP contribution in [0.1, 0.15) is 17.2 Å². The highest BCUT2D eigenvalue weighted by Crippen LogP contribution is 2.38. The Balaban J connectivity index is 1.75. The number of carbonyl (C=O) groups is 1. The second kappa shape index (κ2) is 11.1. The summed E-state index contributed by atoms with van der Waals surface area (Å²) in [5.74, 6) is -1.64. The number of nitrogens with zero attached hydrogens (tertiary/aromatic N) is 2. The number of halogens is 5. The molecular formula is C26H19Cl2F3N2O3S. The monoisotopic (exact) mass is 566 g/mol. The number of aliphatic carboxylic acids is 1. The van der Waals surface area contributed by atoms with Crippen molar-refractivity contribution in [1.82, 2.24) is 9.78 Å². The summed E-state index contributed by atoms with van der Waals surface area (Å²) in [7, 11) is 1.55. The fourth-order valence-corrected chi connectivity index (χ4v) is 4.70. The number of carboxylic acid groups (broad SMARTS) is 1. The Kier molecular flexibility index (Phi) is 8.06. The molecule has 0 aliphatic rings. The van der Waals surface area contributed by atoms with Crippen LogP contribution in [0.4, 0.5) is 13.2 Å². The highest BCUT2D eigenvalue weighted by Gasteiger charge is 2.30. The molecule has 0 bridgehead atoms. The predicted molar refractivity (Wildman–Crippen MR) is 138 cm³/mol. The number of alkyl halides is 3. The van der Waals surface area contributed by atoms with Gasteiger partial charge in [-0.05, 0) is 71.9 Å².